The summed E-state index contributed by atoms with van der Waals surface area (Å²) in [4.78, 5) is 24.4. The van der Waals surface area contributed by atoms with Crippen LogP contribution >= 0.6 is 27.3 Å². The Bertz CT molecular complexity index is 407. The normalized spacial score (nSPS) is 10.2. The van der Waals surface area contributed by atoms with Crippen molar-refractivity contribution >= 4 is 39.1 Å². The lowest BCUT2D eigenvalue weighted by atomic mass is 10.3. The molecule has 1 aromatic rings. The molecule has 0 spiro atoms. The molecule has 1 N–H and O–H groups in total. The van der Waals surface area contributed by atoms with Crippen molar-refractivity contribution in [1.82, 2.24) is 4.90 Å². The summed E-state index contributed by atoms with van der Waals surface area (Å²) in [6, 6.07) is 1.68. The largest absolute Gasteiger partial charge is 0.480 e. The Morgan fingerprint density at radius 1 is 1.59 bits per heavy atom. The molecular formula is C10H12BrNO4S. The average Bonchev–Trinajstić information content (AvgIpc) is 2.69. The van der Waals surface area contributed by atoms with Crippen molar-refractivity contribution in [2.75, 3.05) is 26.8 Å². The Kier molecular flexibility index (Phi) is 5.60. The molecule has 1 rings (SSSR count). The van der Waals surface area contributed by atoms with Gasteiger partial charge in [-0.05, 0) is 22.0 Å². The molecule has 0 fully saturated rings. The van der Waals surface area contributed by atoms with Gasteiger partial charge in [0.05, 0.1) is 11.5 Å². The van der Waals surface area contributed by atoms with Crippen LogP contribution in [0.25, 0.3) is 0 Å². The summed E-state index contributed by atoms with van der Waals surface area (Å²) < 4.78 is 5.67. The molecule has 0 aliphatic carbocycles. The summed E-state index contributed by atoms with van der Waals surface area (Å²) in [5.74, 6) is -1.33. The first-order chi connectivity index (χ1) is 8.04. The van der Waals surface area contributed by atoms with Crippen LogP contribution in [0.15, 0.2) is 15.9 Å². The monoisotopic (exact) mass is 321 g/mol. The maximum Gasteiger partial charge on any atom is 0.323 e. The molecule has 17 heavy (non-hydrogen) atoms. The minimum atomic E-state index is -1.04. The molecule has 0 aliphatic heterocycles. The van der Waals surface area contributed by atoms with Crippen LogP contribution in [0.5, 0.6) is 0 Å². The van der Waals surface area contributed by atoms with Crippen molar-refractivity contribution in [1.29, 1.82) is 0 Å². The maximum absolute atomic E-state index is 12.0. The lowest BCUT2D eigenvalue weighted by Crippen LogP contribution is -2.37. The fourth-order valence-corrected chi connectivity index (χ4v) is 2.59. The second-order valence-corrected chi connectivity index (χ2v) is 5.07. The quantitative estimate of drug-likeness (QED) is 0.865. The van der Waals surface area contributed by atoms with E-state index in [1.54, 1.807) is 11.4 Å². The first kappa shape index (κ1) is 14.1. The standard InChI is InChI=1S/C10H12BrNO4S/c1-16-3-2-12(5-9(13)14)10(15)8-4-7(11)6-17-8/h4,6H,2-3,5H2,1H3,(H,13,14). The van der Waals surface area contributed by atoms with E-state index in [0.717, 1.165) is 4.47 Å². The molecule has 1 aromatic heterocycles. The molecule has 0 aliphatic rings. The Morgan fingerprint density at radius 3 is 2.76 bits per heavy atom. The van der Waals surface area contributed by atoms with Gasteiger partial charge in [-0.2, -0.15) is 0 Å². The van der Waals surface area contributed by atoms with Crippen LogP contribution in [-0.2, 0) is 9.53 Å². The minimum Gasteiger partial charge on any atom is -0.480 e. The Balaban J connectivity index is 2.74. The van der Waals surface area contributed by atoms with Crippen LogP contribution in [0.3, 0.4) is 0 Å². The number of amides is 1. The van der Waals surface area contributed by atoms with E-state index in [0.29, 0.717) is 11.5 Å². The summed E-state index contributed by atoms with van der Waals surface area (Å²) in [6.07, 6.45) is 0. The highest BCUT2D eigenvalue weighted by Gasteiger charge is 2.19. The zero-order valence-electron chi connectivity index (χ0n) is 9.18. The van der Waals surface area contributed by atoms with Crippen molar-refractivity contribution in [3.8, 4) is 0 Å². The fraction of sp³-hybridized carbons (Fsp3) is 0.400. The zero-order chi connectivity index (χ0) is 12.8. The van der Waals surface area contributed by atoms with Gasteiger partial charge in [0.15, 0.2) is 0 Å². The van der Waals surface area contributed by atoms with Crippen molar-refractivity contribution in [2.24, 2.45) is 0 Å². The molecule has 0 aromatic carbocycles. The zero-order valence-corrected chi connectivity index (χ0v) is 11.6. The van der Waals surface area contributed by atoms with Gasteiger partial charge in [0.25, 0.3) is 5.91 Å². The number of carboxylic acid groups (broad SMARTS) is 1. The minimum absolute atomic E-state index is 0.261. The number of carboxylic acids is 1. The molecule has 0 radical (unpaired) electrons. The van der Waals surface area contributed by atoms with Gasteiger partial charge in [0, 0.05) is 23.5 Å². The summed E-state index contributed by atoms with van der Waals surface area (Å²) in [7, 11) is 1.51. The highest BCUT2D eigenvalue weighted by molar-refractivity contribution is 9.10. The Morgan fingerprint density at radius 2 is 2.29 bits per heavy atom. The number of thiophene rings is 1. The van der Waals surface area contributed by atoms with E-state index >= 15 is 0 Å². The van der Waals surface area contributed by atoms with E-state index in [4.69, 9.17) is 9.84 Å². The van der Waals surface area contributed by atoms with Gasteiger partial charge in [-0.1, -0.05) is 0 Å². The predicted octanol–water partition coefficient (Wildman–Crippen LogP) is 1.68. The maximum atomic E-state index is 12.0. The predicted molar refractivity (Wildman–Crippen MR) is 67.4 cm³/mol. The number of carbonyl (C=O) groups is 2. The molecule has 0 bridgehead atoms. The van der Waals surface area contributed by atoms with E-state index in [-0.39, 0.29) is 19.0 Å². The van der Waals surface area contributed by atoms with E-state index < -0.39 is 5.97 Å². The van der Waals surface area contributed by atoms with Gasteiger partial charge < -0.3 is 14.7 Å². The van der Waals surface area contributed by atoms with Gasteiger partial charge in [-0.25, -0.2) is 0 Å². The molecule has 7 heteroatoms. The number of carbonyl (C=O) groups excluding carboxylic acids is 1. The van der Waals surface area contributed by atoms with Crippen molar-refractivity contribution in [2.45, 2.75) is 0 Å². The Hall–Kier alpha value is -0.920. The van der Waals surface area contributed by atoms with Gasteiger partial charge in [0.2, 0.25) is 0 Å². The van der Waals surface area contributed by atoms with Crippen molar-refractivity contribution in [3.63, 3.8) is 0 Å². The number of rotatable bonds is 6. The molecule has 0 unspecified atom stereocenters. The number of methoxy groups -OCH3 is 1. The highest BCUT2D eigenvalue weighted by Crippen LogP contribution is 2.21. The van der Waals surface area contributed by atoms with E-state index in [9.17, 15) is 9.59 Å². The van der Waals surface area contributed by atoms with Gasteiger partial charge in [0.1, 0.15) is 6.54 Å². The number of ether oxygens (including phenoxy) is 1. The van der Waals surface area contributed by atoms with E-state index in [1.807, 2.05) is 0 Å². The van der Waals surface area contributed by atoms with E-state index in [1.165, 1.54) is 23.3 Å². The lowest BCUT2D eigenvalue weighted by Gasteiger charge is -2.19. The molecule has 0 saturated carbocycles. The fourth-order valence-electron chi connectivity index (χ4n) is 1.20. The number of nitrogens with zero attached hydrogens (tertiary/aromatic N) is 1. The SMILES string of the molecule is COCCN(CC(=O)O)C(=O)c1cc(Br)cs1. The van der Waals surface area contributed by atoms with Crippen molar-refractivity contribution in [3.05, 3.63) is 20.8 Å². The third-order valence-electron chi connectivity index (χ3n) is 1.96. The smallest absolute Gasteiger partial charge is 0.323 e. The molecule has 1 heterocycles. The molecule has 0 atom stereocenters. The summed E-state index contributed by atoms with van der Waals surface area (Å²) in [5, 5.41) is 10.5. The van der Waals surface area contributed by atoms with E-state index in [2.05, 4.69) is 15.9 Å². The third-order valence-corrected chi connectivity index (χ3v) is 3.64. The lowest BCUT2D eigenvalue weighted by molar-refractivity contribution is -0.137. The number of hydrogen-bond donors (Lipinski definition) is 1. The number of halogens is 1. The molecule has 94 valence electrons. The highest BCUT2D eigenvalue weighted by atomic mass is 79.9. The van der Waals surface area contributed by atoms with Crippen LogP contribution in [0.1, 0.15) is 9.67 Å². The number of hydrogen-bond acceptors (Lipinski definition) is 4. The van der Waals surface area contributed by atoms with Crippen LogP contribution in [0, 0.1) is 0 Å². The first-order valence-electron chi connectivity index (χ1n) is 4.78. The summed E-state index contributed by atoms with van der Waals surface area (Å²) in [6.45, 7) is 0.250. The summed E-state index contributed by atoms with van der Waals surface area (Å²) in [5.41, 5.74) is 0. The van der Waals surface area contributed by atoms with Gasteiger partial charge in [-0.15, -0.1) is 11.3 Å². The van der Waals surface area contributed by atoms with Gasteiger partial charge in [-0.3, -0.25) is 9.59 Å². The van der Waals surface area contributed by atoms with Crippen LogP contribution in [-0.4, -0.2) is 48.7 Å². The number of aliphatic carboxylic acids is 1. The second-order valence-electron chi connectivity index (χ2n) is 3.24. The second kappa shape index (κ2) is 6.73. The molecular weight excluding hydrogens is 310 g/mol. The molecule has 5 nitrogen and oxygen atoms in total. The van der Waals surface area contributed by atoms with Crippen LogP contribution in [0.4, 0.5) is 0 Å². The van der Waals surface area contributed by atoms with Crippen molar-refractivity contribution < 1.29 is 19.4 Å². The van der Waals surface area contributed by atoms with Gasteiger partial charge >= 0.3 is 5.97 Å². The average molecular weight is 322 g/mol. The third kappa shape index (κ3) is 4.45. The van der Waals surface area contributed by atoms with Crippen LogP contribution < -0.4 is 0 Å². The Labute approximate surface area is 111 Å². The van der Waals surface area contributed by atoms with Crippen LogP contribution in [0.2, 0.25) is 0 Å². The first-order valence-corrected chi connectivity index (χ1v) is 6.46. The topological polar surface area (TPSA) is 66.8 Å². The molecule has 0 saturated heterocycles. The summed E-state index contributed by atoms with van der Waals surface area (Å²) >= 11 is 4.53. The molecule has 1 amide bonds.